The van der Waals surface area contributed by atoms with Crippen LogP contribution in [0, 0.1) is 23.7 Å². The molecule has 2 amide bonds. The Bertz CT molecular complexity index is 1150. The fourth-order valence-corrected chi connectivity index (χ4v) is 5.80. The zero-order valence-electron chi connectivity index (χ0n) is 18.6. The normalized spacial score (nSPS) is 25.3. The minimum atomic E-state index is -0.275. The predicted molar refractivity (Wildman–Crippen MR) is 133 cm³/mol. The van der Waals surface area contributed by atoms with Gasteiger partial charge in [0.15, 0.2) is 11.5 Å². The van der Waals surface area contributed by atoms with Crippen LogP contribution in [0.2, 0.25) is 5.02 Å². The molecule has 34 heavy (non-hydrogen) atoms. The highest BCUT2D eigenvalue weighted by atomic mass is 79.9. The first-order valence-corrected chi connectivity index (χ1v) is 12.6. The number of rotatable bonds is 7. The Balaban J connectivity index is 1.35. The van der Waals surface area contributed by atoms with Gasteiger partial charge in [0.2, 0.25) is 0 Å². The standard InChI is InChI=1S/C26H24BrClN2O4/c1-2-33-21-12-16(11-20(27)24(21)34-14-15-3-9-19(28)10-4-15)13-29-30-25(31)22-17-5-6-18(8-7-17)23(22)26(30)32/h3-6,9-13,17-18,22-23H,2,7-8,14H2,1H3. The Labute approximate surface area is 211 Å². The molecule has 2 bridgehead atoms. The molecule has 0 spiro atoms. The van der Waals surface area contributed by atoms with E-state index in [2.05, 4.69) is 33.2 Å². The van der Waals surface area contributed by atoms with Gasteiger partial charge in [0, 0.05) is 5.02 Å². The number of nitrogens with zero attached hydrogens (tertiary/aromatic N) is 2. The van der Waals surface area contributed by atoms with E-state index in [1.807, 2.05) is 37.3 Å². The van der Waals surface area contributed by atoms with E-state index >= 15 is 0 Å². The Morgan fingerprint density at radius 2 is 1.71 bits per heavy atom. The Kier molecular flexibility index (Phi) is 6.49. The van der Waals surface area contributed by atoms with Crippen LogP contribution in [0.15, 0.2) is 58.1 Å². The number of carbonyl (C=O) groups excluding carboxylic acids is 2. The second kappa shape index (κ2) is 9.55. The molecule has 176 valence electrons. The van der Waals surface area contributed by atoms with E-state index in [0.29, 0.717) is 39.8 Å². The highest BCUT2D eigenvalue weighted by Crippen LogP contribution is 2.49. The first-order chi connectivity index (χ1) is 16.5. The minimum Gasteiger partial charge on any atom is -0.490 e. The molecule has 4 unspecified atom stereocenters. The van der Waals surface area contributed by atoms with Crippen molar-refractivity contribution in [3.8, 4) is 11.5 Å². The second-order valence-corrected chi connectivity index (χ2v) is 10.0. The first-order valence-electron chi connectivity index (χ1n) is 11.4. The van der Waals surface area contributed by atoms with Crippen LogP contribution in [-0.4, -0.2) is 29.6 Å². The smallest absolute Gasteiger partial charge is 0.254 e. The summed E-state index contributed by atoms with van der Waals surface area (Å²) in [5, 5.41) is 6.03. The van der Waals surface area contributed by atoms with Crippen molar-refractivity contribution < 1.29 is 19.1 Å². The highest BCUT2D eigenvalue weighted by Gasteiger charge is 2.56. The van der Waals surface area contributed by atoms with Crippen LogP contribution < -0.4 is 9.47 Å². The van der Waals surface area contributed by atoms with Gasteiger partial charge in [0.1, 0.15) is 6.61 Å². The molecule has 6 rings (SSSR count). The lowest BCUT2D eigenvalue weighted by molar-refractivity contribution is -0.140. The zero-order chi connectivity index (χ0) is 23.8. The zero-order valence-corrected chi connectivity index (χ0v) is 21.0. The summed E-state index contributed by atoms with van der Waals surface area (Å²) < 4.78 is 12.5. The molecule has 3 aliphatic carbocycles. The van der Waals surface area contributed by atoms with Gasteiger partial charge in [0.05, 0.1) is 29.1 Å². The summed E-state index contributed by atoms with van der Waals surface area (Å²) in [5.41, 5.74) is 1.66. The van der Waals surface area contributed by atoms with Crippen molar-refractivity contribution in [2.75, 3.05) is 6.61 Å². The molecule has 6 nitrogen and oxygen atoms in total. The van der Waals surface area contributed by atoms with Gasteiger partial charge < -0.3 is 9.47 Å². The summed E-state index contributed by atoms with van der Waals surface area (Å²) in [5.74, 6) is 0.447. The quantitative estimate of drug-likeness (QED) is 0.259. The molecular weight excluding hydrogens is 520 g/mol. The maximum Gasteiger partial charge on any atom is 0.254 e. The van der Waals surface area contributed by atoms with E-state index in [1.54, 1.807) is 6.07 Å². The fraction of sp³-hybridized carbons (Fsp3) is 0.346. The number of hydrogen-bond acceptors (Lipinski definition) is 5. The van der Waals surface area contributed by atoms with Crippen molar-refractivity contribution in [2.24, 2.45) is 28.8 Å². The highest BCUT2D eigenvalue weighted by molar-refractivity contribution is 9.10. The molecule has 1 heterocycles. The van der Waals surface area contributed by atoms with Crippen LogP contribution in [0.1, 0.15) is 30.9 Å². The summed E-state index contributed by atoms with van der Waals surface area (Å²) in [6, 6.07) is 11.1. The van der Waals surface area contributed by atoms with Crippen LogP contribution >= 0.6 is 27.5 Å². The predicted octanol–water partition coefficient (Wildman–Crippen LogP) is 5.61. The molecule has 1 saturated heterocycles. The molecule has 2 fully saturated rings. The van der Waals surface area contributed by atoms with Gasteiger partial charge in [0.25, 0.3) is 11.8 Å². The van der Waals surface area contributed by atoms with Crippen LogP contribution in [0.3, 0.4) is 0 Å². The van der Waals surface area contributed by atoms with Gasteiger partial charge in [-0.2, -0.15) is 10.1 Å². The molecule has 2 aromatic rings. The van der Waals surface area contributed by atoms with E-state index in [-0.39, 0.29) is 35.5 Å². The molecule has 0 N–H and O–H groups in total. The van der Waals surface area contributed by atoms with Crippen LogP contribution in [0.5, 0.6) is 11.5 Å². The Morgan fingerprint density at radius 3 is 2.29 bits per heavy atom. The summed E-state index contributed by atoms with van der Waals surface area (Å²) >= 11 is 9.52. The SMILES string of the molecule is CCOc1cc(C=NN2C(=O)C3C4C=CC(CC4)C3C2=O)cc(Br)c1OCc1ccc(Cl)cc1. The maximum absolute atomic E-state index is 13.0. The number of fused-ring (bicyclic) bond motifs is 1. The van der Waals surface area contributed by atoms with Crippen molar-refractivity contribution in [1.29, 1.82) is 0 Å². The summed E-state index contributed by atoms with van der Waals surface area (Å²) in [6.07, 6.45) is 7.64. The molecule has 0 aromatic heterocycles. The number of imide groups is 1. The third kappa shape index (κ3) is 4.27. The Morgan fingerprint density at radius 1 is 1.06 bits per heavy atom. The van der Waals surface area contributed by atoms with E-state index in [9.17, 15) is 9.59 Å². The van der Waals surface area contributed by atoms with Gasteiger partial charge in [-0.05, 0) is 82.9 Å². The van der Waals surface area contributed by atoms with Gasteiger partial charge in [-0.25, -0.2) is 0 Å². The maximum atomic E-state index is 13.0. The second-order valence-electron chi connectivity index (χ2n) is 8.75. The third-order valence-corrected chi connectivity index (χ3v) is 7.53. The summed E-state index contributed by atoms with van der Waals surface area (Å²) in [4.78, 5) is 26.0. The molecule has 8 heteroatoms. The van der Waals surface area contributed by atoms with Crippen LogP contribution in [-0.2, 0) is 16.2 Å². The number of allylic oxidation sites excluding steroid dienone is 2. The van der Waals surface area contributed by atoms with E-state index in [0.717, 1.165) is 23.4 Å². The number of halogens is 2. The number of hydrazone groups is 1. The average Bonchev–Trinajstić information content (AvgIpc) is 3.11. The van der Waals surface area contributed by atoms with Crippen LogP contribution in [0.25, 0.3) is 0 Å². The average molecular weight is 544 g/mol. The number of carbonyl (C=O) groups is 2. The Hall–Kier alpha value is -2.64. The van der Waals surface area contributed by atoms with Gasteiger partial charge in [-0.15, -0.1) is 0 Å². The first kappa shape index (κ1) is 23.1. The topological polar surface area (TPSA) is 68.2 Å². The van der Waals surface area contributed by atoms with E-state index in [1.165, 1.54) is 6.21 Å². The molecule has 1 saturated carbocycles. The number of hydrogen-bond donors (Lipinski definition) is 0. The lowest BCUT2D eigenvalue weighted by Gasteiger charge is -2.37. The lowest BCUT2D eigenvalue weighted by Crippen LogP contribution is -2.38. The molecule has 1 aliphatic heterocycles. The van der Waals surface area contributed by atoms with Crippen molar-refractivity contribution in [1.82, 2.24) is 5.01 Å². The molecular formula is C26H24BrClN2O4. The molecule has 4 atom stereocenters. The van der Waals surface area contributed by atoms with Crippen LogP contribution in [0.4, 0.5) is 0 Å². The van der Waals surface area contributed by atoms with E-state index in [4.69, 9.17) is 21.1 Å². The van der Waals surface area contributed by atoms with Crippen molar-refractivity contribution in [2.45, 2.75) is 26.4 Å². The fourth-order valence-electron chi connectivity index (χ4n) is 5.10. The van der Waals surface area contributed by atoms with Crippen molar-refractivity contribution in [3.05, 3.63) is 69.2 Å². The summed E-state index contributed by atoms with van der Waals surface area (Å²) in [7, 11) is 0. The largest absolute Gasteiger partial charge is 0.490 e. The van der Waals surface area contributed by atoms with Crippen molar-refractivity contribution >= 4 is 45.6 Å². The molecule has 0 radical (unpaired) electrons. The van der Waals surface area contributed by atoms with Gasteiger partial charge in [-0.3, -0.25) is 9.59 Å². The monoisotopic (exact) mass is 542 g/mol. The lowest BCUT2D eigenvalue weighted by atomic mass is 9.63. The summed E-state index contributed by atoms with van der Waals surface area (Å²) in [6.45, 7) is 2.69. The minimum absolute atomic E-state index is 0.141. The third-order valence-electron chi connectivity index (χ3n) is 6.69. The van der Waals surface area contributed by atoms with E-state index < -0.39 is 0 Å². The molecule has 4 aliphatic rings. The van der Waals surface area contributed by atoms with Gasteiger partial charge in [-0.1, -0.05) is 35.9 Å². The molecule has 2 aromatic carbocycles. The number of ether oxygens (including phenoxy) is 2. The van der Waals surface area contributed by atoms with Crippen molar-refractivity contribution in [3.63, 3.8) is 0 Å². The van der Waals surface area contributed by atoms with Gasteiger partial charge >= 0.3 is 0 Å². The number of benzene rings is 2. The number of amides is 2.